The normalized spacial score (nSPS) is 15.9. The van der Waals surface area contributed by atoms with E-state index in [1.54, 1.807) is 11.3 Å². The van der Waals surface area contributed by atoms with Crippen LogP contribution in [0, 0.1) is 13.8 Å². The van der Waals surface area contributed by atoms with Crippen molar-refractivity contribution in [2.75, 3.05) is 52.5 Å². The van der Waals surface area contributed by atoms with Crippen molar-refractivity contribution in [2.45, 2.75) is 27.2 Å². The van der Waals surface area contributed by atoms with Crippen LogP contribution in [0.25, 0.3) is 0 Å². The molecule has 1 aromatic heterocycles. The first kappa shape index (κ1) is 21.6. The third-order valence-corrected chi connectivity index (χ3v) is 4.91. The molecule has 0 aromatic carbocycles. The van der Waals surface area contributed by atoms with Gasteiger partial charge in [-0.05, 0) is 20.8 Å². The Kier molecular flexibility index (Phi) is 10.8. The number of aliphatic imine (C=N–C) groups is 1. The molecule has 1 aliphatic rings. The summed E-state index contributed by atoms with van der Waals surface area (Å²) in [7, 11) is 0. The van der Waals surface area contributed by atoms with E-state index < -0.39 is 0 Å². The Hall–Kier alpha value is -0.450. The van der Waals surface area contributed by atoms with Crippen LogP contribution in [0.5, 0.6) is 0 Å². The minimum Gasteiger partial charge on any atom is -0.379 e. The molecule has 0 bridgehead atoms. The number of guanidine groups is 1. The summed E-state index contributed by atoms with van der Waals surface area (Å²) in [5.74, 6) is 0.902. The number of morpholine rings is 1. The Balaban J connectivity index is 0.00000288. The van der Waals surface area contributed by atoms with Crippen LogP contribution in [-0.4, -0.2) is 68.3 Å². The second kappa shape index (κ2) is 12.0. The highest BCUT2D eigenvalue weighted by Gasteiger charge is 2.09. The zero-order valence-corrected chi connectivity index (χ0v) is 18.1. The number of nitrogens with one attached hydrogen (secondary N) is 2. The van der Waals surface area contributed by atoms with E-state index in [1.807, 2.05) is 0 Å². The lowest BCUT2D eigenvalue weighted by Gasteiger charge is -2.25. The molecule has 138 valence electrons. The highest BCUT2D eigenvalue weighted by molar-refractivity contribution is 14.0. The van der Waals surface area contributed by atoms with E-state index in [2.05, 4.69) is 46.3 Å². The molecule has 0 spiro atoms. The predicted octanol–water partition coefficient (Wildman–Crippen LogP) is 1.81. The molecule has 0 saturated carbocycles. The maximum atomic E-state index is 5.37. The summed E-state index contributed by atoms with van der Waals surface area (Å²) in [5.41, 5.74) is 1.16. The maximum absolute atomic E-state index is 5.37. The number of aromatic nitrogens is 1. The van der Waals surface area contributed by atoms with Crippen molar-refractivity contribution in [1.29, 1.82) is 0 Å². The van der Waals surface area contributed by atoms with Crippen molar-refractivity contribution in [3.05, 3.63) is 15.6 Å². The minimum absolute atomic E-state index is 0. The number of ether oxygens (including phenoxy) is 1. The molecule has 0 unspecified atom stereocenters. The van der Waals surface area contributed by atoms with E-state index in [9.17, 15) is 0 Å². The van der Waals surface area contributed by atoms with Gasteiger partial charge in [0, 0.05) is 44.0 Å². The van der Waals surface area contributed by atoms with E-state index in [0.29, 0.717) is 0 Å². The number of thiazole rings is 1. The molecule has 1 aliphatic heterocycles. The first-order valence-corrected chi connectivity index (χ1v) is 9.26. The summed E-state index contributed by atoms with van der Waals surface area (Å²) in [6, 6.07) is 0. The zero-order valence-electron chi connectivity index (χ0n) is 14.9. The lowest BCUT2D eigenvalue weighted by molar-refractivity contribution is 0.0394. The zero-order chi connectivity index (χ0) is 16.5. The summed E-state index contributed by atoms with van der Waals surface area (Å²) >= 11 is 1.79. The molecule has 2 heterocycles. The molecule has 0 aliphatic carbocycles. The average molecular weight is 467 g/mol. The molecule has 0 radical (unpaired) electrons. The van der Waals surface area contributed by atoms with Gasteiger partial charge in [0.1, 0.15) is 0 Å². The van der Waals surface area contributed by atoms with Gasteiger partial charge in [0.25, 0.3) is 0 Å². The van der Waals surface area contributed by atoms with Gasteiger partial charge in [-0.25, -0.2) is 4.98 Å². The third-order valence-electron chi connectivity index (χ3n) is 3.78. The van der Waals surface area contributed by atoms with Crippen LogP contribution in [0.2, 0.25) is 0 Å². The monoisotopic (exact) mass is 467 g/mol. The van der Waals surface area contributed by atoms with E-state index in [0.717, 1.165) is 75.6 Å². The fraction of sp³-hybridized carbons (Fsp3) is 0.750. The Bertz CT molecular complexity index is 503. The van der Waals surface area contributed by atoms with E-state index in [-0.39, 0.29) is 24.0 Å². The summed E-state index contributed by atoms with van der Waals surface area (Å²) in [6.45, 7) is 13.5. The molecule has 0 atom stereocenters. The Morgan fingerprint density at radius 1 is 1.29 bits per heavy atom. The topological polar surface area (TPSA) is 61.8 Å². The van der Waals surface area contributed by atoms with Crippen LogP contribution < -0.4 is 10.6 Å². The molecule has 2 N–H and O–H groups in total. The fourth-order valence-electron chi connectivity index (χ4n) is 2.57. The summed E-state index contributed by atoms with van der Waals surface area (Å²) in [5, 5.41) is 7.87. The number of nitrogens with zero attached hydrogens (tertiary/aromatic N) is 3. The van der Waals surface area contributed by atoms with Crippen molar-refractivity contribution < 1.29 is 4.74 Å². The maximum Gasteiger partial charge on any atom is 0.191 e. The lowest BCUT2D eigenvalue weighted by Crippen LogP contribution is -2.40. The highest BCUT2D eigenvalue weighted by Crippen LogP contribution is 2.16. The SMILES string of the molecule is CCNC(=NCCN1CCOCC1)NCCc1sc(C)nc1C.I. The van der Waals surface area contributed by atoms with Gasteiger partial charge in [-0.2, -0.15) is 0 Å². The van der Waals surface area contributed by atoms with Crippen LogP contribution in [0.4, 0.5) is 0 Å². The number of aryl methyl sites for hydroxylation is 2. The quantitative estimate of drug-likeness (QED) is 0.364. The summed E-state index contributed by atoms with van der Waals surface area (Å²) in [4.78, 5) is 12.9. The van der Waals surface area contributed by atoms with Crippen LogP contribution in [-0.2, 0) is 11.2 Å². The van der Waals surface area contributed by atoms with Gasteiger partial charge in [-0.15, -0.1) is 35.3 Å². The first-order valence-electron chi connectivity index (χ1n) is 8.44. The van der Waals surface area contributed by atoms with Crippen molar-refractivity contribution in [3.63, 3.8) is 0 Å². The van der Waals surface area contributed by atoms with E-state index in [4.69, 9.17) is 4.74 Å². The van der Waals surface area contributed by atoms with E-state index in [1.165, 1.54) is 4.88 Å². The first-order chi connectivity index (χ1) is 11.2. The van der Waals surface area contributed by atoms with Gasteiger partial charge < -0.3 is 15.4 Å². The Labute approximate surface area is 166 Å². The Morgan fingerprint density at radius 3 is 2.67 bits per heavy atom. The molecule has 2 rings (SSSR count). The van der Waals surface area contributed by atoms with Crippen molar-refractivity contribution in [2.24, 2.45) is 4.99 Å². The smallest absolute Gasteiger partial charge is 0.191 e. The van der Waals surface area contributed by atoms with Crippen LogP contribution in [0.15, 0.2) is 4.99 Å². The van der Waals surface area contributed by atoms with E-state index >= 15 is 0 Å². The molecule has 0 amide bonds. The fourth-order valence-corrected chi connectivity index (χ4v) is 3.51. The third kappa shape index (κ3) is 7.62. The molecular weight excluding hydrogens is 437 g/mol. The molecule has 24 heavy (non-hydrogen) atoms. The van der Waals surface area contributed by atoms with Gasteiger partial charge in [-0.3, -0.25) is 9.89 Å². The van der Waals surface area contributed by atoms with Gasteiger partial charge in [-0.1, -0.05) is 0 Å². The lowest BCUT2D eigenvalue weighted by atomic mass is 10.3. The Morgan fingerprint density at radius 2 is 2.04 bits per heavy atom. The summed E-state index contributed by atoms with van der Waals surface area (Å²) in [6.07, 6.45) is 0.991. The number of hydrogen-bond acceptors (Lipinski definition) is 5. The van der Waals surface area contributed by atoms with Crippen LogP contribution >= 0.6 is 35.3 Å². The number of hydrogen-bond donors (Lipinski definition) is 2. The standard InChI is InChI=1S/C16H29N5OS.HI/c1-4-17-16(19-7-8-21-9-11-22-12-10-21)18-6-5-15-13(2)20-14(3)23-15;/h4-12H2,1-3H3,(H2,17,18,19);1H. The van der Waals surface area contributed by atoms with Gasteiger partial charge in [0.15, 0.2) is 5.96 Å². The molecule has 1 fully saturated rings. The second-order valence-electron chi connectivity index (χ2n) is 5.63. The molecular formula is C16H30IN5OS. The summed E-state index contributed by atoms with van der Waals surface area (Å²) < 4.78 is 5.37. The van der Waals surface area contributed by atoms with Crippen molar-refractivity contribution in [3.8, 4) is 0 Å². The molecule has 1 aromatic rings. The van der Waals surface area contributed by atoms with Crippen LogP contribution in [0.1, 0.15) is 22.5 Å². The largest absolute Gasteiger partial charge is 0.379 e. The minimum atomic E-state index is 0. The van der Waals surface area contributed by atoms with Crippen LogP contribution in [0.3, 0.4) is 0 Å². The number of rotatable bonds is 7. The molecule has 6 nitrogen and oxygen atoms in total. The molecule has 8 heteroatoms. The second-order valence-corrected chi connectivity index (χ2v) is 6.92. The molecule has 1 saturated heterocycles. The predicted molar refractivity (Wildman–Crippen MR) is 112 cm³/mol. The number of halogens is 1. The van der Waals surface area contributed by atoms with Crippen molar-refractivity contribution in [1.82, 2.24) is 20.5 Å². The van der Waals surface area contributed by atoms with Gasteiger partial charge >= 0.3 is 0 Å². The van der Waals surface area contributed by atoms with Gasteiger partial charge in [0.2, 0.25) is 0 Å². The van der Waals surface area contributed by atoms with Crippen molar-refractivity contribution >= 4 is 41.3 Å². The average Bonchev–Trinajstić information content (AvgIpc) is 2.86. The van der Waals surface area contributed by atoms with Gasteiger partial charge in [0.05, 0.1) is 30.5 Å². The highest BCUT2D eigenvalue weighted by atomic mass is 127.